The second-order valence-corrected chi connectivity index (χ2v) is 4.50. The van der Waals surface area contributed by atoms with Crippen molar-refractivity contribution in [3.63, 3.8) is 0 Å². The second kappa shape index (κ2) is 4.14. The Morgan fingerprint density at radius 3 is 2.67 bits per heavy atom. The van der Waals surface area contributed by atoms with Crippen LogP contribution in [0.4, 0.5) is 0 Å². The molecule has 0 saturated carbocycles. The Labute approximate surface area is 71.2 Å². The molecule has 70 valence electrons. The molecule has 0 aromatic rings. The number of carbonyl (C=O) groups excluding carboxylic acids is 1. The SMILES string of the molecule is COC(=O)C[P+]1(O)OCCCO1. The van der Waals surface area contributed by atoms with Crippen LogP contribution < -0.4 is 0 Å². The number of ether oxygens (including phenoxy) is 1. The molecule has 0 amide bonds. The van der Waals surface area contributed by atoms with Gasteiger partial charge in [-0.05, 0) is 0 Å². The minimum Gasteiger partial charge on any atom is -0.466 e. The molecule has 0 unspecified atom stereocenters. The van der Waals surface area contributed by atoms with Gasteiger partial charge in [-0.2, -0.15) is 13.9 Å². The van der Waals surface area contributed by atoms with Crippen molar-refractivity contribution in [3.05, 3.63) is 0 Å². The van der Waals surface area contributed by atoms with Gasteiger partial charge in [0.05, 0.1) is 20.3 Å². The lowest BCUT2D eigenvalue weighted by atomic mass is 10.5. The monoisotopic (exact) mass is 195 g/mol. The van der Waals surface area contributed by atoms with E-state index in [1.54, 1.807) is 0 Å². The van der Waals surface area contributed by atoms with E-state index in [0.29, 0.717) is 13.2 Å². The van der Waals surface area contributed by atoms with Gasteiger partial charge < -0.3 is 4.74 Å². The first kappa shape index (κ1) is 9.86. The molecule has 0 atom stereocenters. The van der Waals surface area contributed by atoms with Crippen molar-refractivity contribution in [3.8, 4) is 0 Å². The van der Waals surface area contributed by atoms with Crippen molar-refractivity contribution in [1.29, 1.82) is 0 Å². The zero-order valence-electron chi connectivity index (χ0n) is 6.86. The lowest BCUT2D eigenvalue weighted by Crippen LogP contribution is -2.20. The molecule has 0 spiro atoms. The number of methoxy groups -OCH3 is 1. The first-order chi connectivity index (χ1) is 5.66. The van der Waals surface area contributed by atoms with E-state index < -0.39 is 13.9 Å². The van der Waals surface area contributed by atoms with Gasteiger partial charge in [0, 0.05) is 6.42 Å². The Kier molecular flexibility index (Phi) is 3.40. The molecule has 1 aliphatic heterocycles. The molecular weight excluding hydrogens is 183 g/mol. The van der Waals surface area contributed by atoms with E-state index in [1.165, 1.54) is 7.11 Å². The van der Waals surface area contributed by atoms with E-state index in [0.717, 1.165) is 6.42 Å². The fraction of sp³-hybridized carbons (Fsp3) is 0.833. The van der Waals surface area contributed by atoms with Crippen molar-refractivity contribution < 1.29 is 23.5 Å². The molecule has 12 heavy (non-hydrogen) atoms. The van der Waals surface area contributed by atoms with Crippen molar-refractivity contribution in [1.82, 2.24) is 0 Å². The average molecular weight is 195 g/mol. The zero-order valence-corrected chi connectivity index (χ0v) is 7.75. The number of carbonyl (C=O) groups is 1. The summed E-state index contributed by atoms with van der Waals surface area (Å²) in [5.74, 6) is -0.507. The molecule has 0 aromatic carbocycles. The third kappa shape index (κ3) is 2.68. The Hall–Kier alpha value is -0.220. The summed E-state index contributed by atoms with van der Waals surface area (Å²) in [6, 6.07) is 0. The van der Waals surface area contributed by atoms with Gasteiger partial charge >= 0.3 is 13.9 Å². The van der Waals surface area contributed by atoms with Gasteiger partial charge in [-0.15, -0.1) is 0 Å². The van der Waals surface area contributed by atoms with Crippen molar-refractivity contribution >= 4 is 13.9 Å². The molecule has 1 aliphatic rings. The summed E-state index contributed by atoms with van der Waals surface area (Å²) >= 11 is 0. The highest BCUT2D eigenvalue weighted by Crippen LogP contribution is 2.58. The summed E-state index contributed by atoms with van der Waals surface area (Å²) in [5, 5.41) is 0. The summed E-state index contributed by atoms with van der Waals surface area (Å²) < 4.78 is 14.4. The molecule has 0 aliphatic carbocycles. The Morgan fingerprint density at radius 1 is 1.58 bits per heavy atom. The molecule has 1 fully saturated rings. The van der Waals surface area contributed by atoms with E-state index in [-0.39, 0.29) is 6.16 Å². The van der Waals surface area contributed by atoms with Crippen LogP contribution in [-0.4, -0.2) is 37.3 Å². The average Bonchev–Trinajstić information content (AvgIpc) is 2.05. The van der Waals surface area contributed by atoms with Crippen LogP contribution >= 0.6 is 7.94 Å². The van der Waals surface area contributed by atoms with Crippen LogP contribution in [0.5, 0.6) is 0 Å². The maximum Gasteiger partial charge on any atom is 0.420 e. The van der Waals surface area contributed by atoms with Crippen LogP contribution in [0.3, 0.4) is 0 Å². The lowest BCUT2D eigenvalue weighted by molar-refractivity contribution is -0.138. The molecule has 1 N–H and O–H groups in total. The summed E-state index contributed by atoms with van der Waals surface area (Å²) in [6.07, 6.45) is 0.576. The van der Waals surface area contributed by atoms with Gasteiger partial charge in [-0.1, -0.05) is 0 Å². The largest absolute Gasteiger partial charge is 0.466 e. The van der Waals surface area contributed by atoms with Crippen LogP contribution in [0.2, 0.25) is 0 Å². The highest BCUT2D eigenvalue weighted by atomic mass is 31.2. The molecule has 0 radical (unpaired) electrons. The van der Waals surface area contributed by atoms with Crippen LogP contribution in [0.25, 0.3) is 0 Å². The minimum absolute atomic E-state index is 0.177. The van der Waals surface area contributed by atoms with Crippen LogP contribution in [0, 0.1) is 0 Å². The Morgan fingerprint density at radius 2 is 2.17 bits per heavy atom. The number of esters is 1. The normalized spacial score (nSPS) is 21.8. The lowest BCUT2D eigenvalue weighted by Gasteiger charge is -2.19. The van der Waals surface area contributed by atoms with Gasteiger partial charge in [-0.3, -0.25) is 0 Å². The van der Waals surface area contributed by atoms with E-state index >= 15 is 0 Å². The predicted octanol–water partition coefficient (Wildman–Crippen LogP) is 0.351. The summed E-state index contributed by atoms with van der Waals surface area (Å²) in [7, 11) is -1.65. The number of rotatable bonds is 2. The van der Waals surface area contributed by atoms with E-state index in [1.807, 2.05) is 0 Å². The zero-order chi connectivity index (χ0) is 9.03. The molecular formula is C6H12O5P+. The van der Waals surface area contributed by atoms with E-state index in [4.69, 9.17) is 9.05 Å². The fourth-order valence-electron chi connectivity index (χ4n) is 0.830. The number of hydrogen-bond acceptors (Lipinski definition) is 5. The maximum absolute atomic E-state index is 10.8. The topological polar surface area (TPSA) is 65.0 Å². The first-order valence-electron chi connectivity index (χ1n) is 3.63. The van der Waals surface area contributed by atoms with E-state index in [2.05, 4.69) is 4.74 Å². The second-order valence-electron chi connectivity index (χ2n) is 2.39. The summed E-state index contributed by atoms with van der Waals surface area (Å²) in [5.41, 5.74) is 0. The Balaban J connectivity index is 2.41. The summed E-state index contributed by atoms with van der Waals surface area (Å²) in [4.78, 5) is 20.3. The highest BCUT2D eigenvalue weighted by molar-refractivity contribution is 7.61. The van der Waals surface area contributed by atoms with Gasteiger partial charge in [0.2, 0.25) is 6.16 Å². The molecule has 1 rings (SSSR count). The van der Waals surface area contributed by atoms with Gasteiger partial charge in [0.25, 0.3) is 0 Å². The van der Waals surface area contributed by atoms with Crippen molar-refractivity contribution in [2.75, 3.05) is 26.5 Å². The highest BCUT2D eigenvalue weighted by Gasteiger charge is 2.46. The molecule has 5 nitrogen and oxygen atoms in total. The predicted molar refractivity (Wildman–Crippen MR) is 42.5 cm³/mol. The van der Waals surface area contributed by atoms with Gasteiger partial charge in [-0.25, -0.2) is 4.79 Å². The Bertz CT molecular complexity index is 165. The van der Waals surface area contributed by atoms with Gasteiger partial charge in [0.15, 0.2) is 0 Å². The van der Waals surface area contributed by atoms with Crippen LogP contribution in [0.15, 0.2) is 0 Å². The fourth-order valence-corrected chi connectivity index (χ4v) is 2.37. The van der Waals surface area contributed by atoms with Crippen molar-refractivity contribution in [2.45, 2.75) is 6.42 Å². The molecule has 6 heteroatoms. The molecule has 0 bridgehead atoms. The minimum atomic E-state index is -2.91. The third-order valence-corrected chi connectivity index (χ3v) is 3.26. The van der Waals surface area contributed by atoms with Crippen LogP contribution in [0.1, 0.15) is 6.42 Å². The number of hydrogen-bond donors (Lipinski definition) is 1. The molecule has 0 aromatic heterocycles. The summed E-state index contributed by atoms with van der Waals surface area (Å²) in [6.45, 7) is 0.891. The standard InChI is InChI=1S/C6H12O5P/c1-9-6(7)5-12(8)10-3-2-4-11-12/h8H,2-5H2,1H3/q+1. The van der Waals surface area contributed by atoms with E-state index in [9.17, 15) is 9.69 Å². The van der Waals surface area contributed by atoms with Crippen LogP contribution in [-0.2, 0) is 18.6 Å². The van der Waals surface area contributed by atoms with Crippen molar-refractivity contribution in [2.24, 2.45) is 0 Å². The quantitative estimate of drug-likeness (QED) is 0.508. The third-order valence-electron chi connectivity index (χ3n) is 1.43. The van der Waals surface area contributed by atoms with Gasteiger partial charge in [0.1, 0.15) is 0 Å². The molecule has 1 saturated heterocycles. The molecule has 1 heterocycles. The maximum atomic E-state index is 10.8. The smallest absolute Gasteiger partial charge is 0.420 e. The first-order valence-corrected chi connectivity index (χ1v) is 5.39.